The lowest BCUT2D eigenvalue weighted by Crippen LogP contribution is -2.44. The summed E-state index contributed by atoms with van der Waals surface area (Å²) < 4.78 is 5.33. The number of carboxylic acids is 1. The Morgan fingerprint density at radius 3 is 2.89 bits per heavy atom. The van der Waals surface area contributed by atoms with Gasteiger partial charge in [-0.1, -0.05) is 0 Å². The summed E-state index contributed by atoms with van der Waals surface area (Å²) in [4.78, 5) is 18.7. The summed E-state index contributed by atoms with van der Waals surface area (Å²) in [5, 5.41) is 29.8. The Bertz CT molecular complexity index is 1110. The number of aliphatic hydroxyl groups is 1. The third-order valence-electron chi connectivity index (χ3n) is 7.09. The van der Waals surface area contributed by atoms with Crippen molar-refractivity contribution in [3.8, 4) is 5.75 Å². The number of carboxylic acid groups (broad SMARTS) is 1. The summed E-state index contributed by atoms with van der Waals surface area (Å²) in [6.07, 6.45) is 7.62. The average Bonchev–Trinajstić information content (AvgIpc) is 2.89. The van der Waals surface area contributed by atoms with Crippen molar-refractivity contribution < 1.29 is 19.7 Å². The zero-order valence-electron chi connectivity index (χ0n) is 20.2. The predicted octanol–water partition coefficient (Wildman–Crippen LogP) is 3.89. The fraction of sp³-hybridized carbons (Fsp3) is 0.481. The maximum absolute atomic E-state index is 12.1. The summed E-state index contributed by atoms with van der Waals surface area (Å²) in [5.74, 6) is -0.382. The molecular weight excluding hydrogens is 444 g/mol. The van der Waals surface area contributed by atoms with E-state index in [1.165, 1.54) is 0 Å². The van der Waals surface area contributed by atoms with E-state index in [0.717, 1.165) is 60.9 Å². The van der Waals surface area contributed by atoms with Crippen molar-refractivity contribution in [2.24, 2.45) is 11.8 Å². The van der Waals surface area contributed by atoms with Crippen LogP contribution < -0.4 is 4.74 Å². The number of pyridine rings is 1. The van der Waals surface area contributed by atoms with E-state index in [1.807, 2.05) is 36.4 Å². The van der Waals surface area contributed by atoms with Crippen LogP contribution in [0.15, 0.2) is 48.8 Å². The number of hydrogen-bond acceptors (Lipinski definition) is 7. The third-order valence-corrected chi connectivity index (χ3v) is 7.09. The SMILES string of the molecule is COc1ccc2nccc(C(O)CC[C@@H]3CCN(CCCCc4cccnn4)C[C@@H]3C(=O)O)c2c1. The number of hydrogen-bond donors (Lipinski definition) is 2. The first-order valence-electron chi connectivity index (χ1n) is 12.4. The molecule has 3 aromatic rings. The quantitative estimate of drug-likeness (QED) is 0.400. The molecule has 35 heavy (non-hydrogen) atoms. The molecule has 0 amide bonds. The Morgan fingerprint density at radius 1 is 1.23 bits per heavy atom. The monoisotopic (exact) mass is 478 g/mol. The number of unbranched alkanes of at least 4 members (excludes halogenated alkanes) is 1. The van der Waals surface area contributed by atoms with Gasteiger partial charge >= 0.3 is 5.97 Å². The Balaban J connectivity index is 1.30. The number of aromatic nitrogens is 3. The number of fused-ring (bicyclic) bond motifs is 1. The third kappa shape index (κ3) is 6.52. The molecule has 1 aromatic carbocycles. The van der Waals surface area contributed by atoms with Gasteiger partial charge in [0, 0.05) is 24.3 Å². The highest BCUT2D eigenvalue weighted by molar-refractivity contribution is 5.83. The van der Waals surface area contributed by atoms with Crippen LogP contribution in [0, 0.1) is 11.8 Å². The molecule has 0 saturated carbocycles. The van der Waals surface area contributed by atoms with Crippen LogP contribution in [0.2, 0.25) is 0 Å². The molecule has 1 aliphatic rings. The summed E-state index contributed by atoms with van der Waals surface area (Å²) in [7, 11) is 1.62. The molecule has 2 aromatic heterocycles. The molecule has 0 spiro atoms. The number of carbonyl (C=O) groups is 1. The molecule has 1 fully saturated rings. The molecule has 3 heterocycles. The second-order valence-corrected chi connectivity index (χ2v) is 9.34. The number of aliphatic hydroxyl groups excluding tert-OH is 1. The van der Waals surface area contributed by atoms with Gasteiger partial charge in [-0.05, 0) is 99.5 Å². The number of methoxy groups -OCH3 is 1. The Kier molecular flexibility index (Phi) is 8.60. The summed E-state index contributed by atoms with van der Waals surface area (Å²) in [6, 6.07) is 11.4. The highest BCUT2D eigenvalue weighted by Gasteiger charge is 2.34. The van der Waals surface area contributed by atoms with Crippen LogP contribution in [0.25, 0.3) is 10.9 Å². The second-order valence-electron chi connectivity index (χ2n) is 9.34. The van der Waals surface area contributed by atoms with Gasteiger partial charge in [-0.2, -0.15) is 10.2 Å². The van der Waals surface area contributed by atoms with Crippen molar-refractivity contribution in [3.05, 3.63) is 60.0 Å². The van der Waals surface area contributed by atoms with Gasteiger partial charge in [0.15, 0.2) is 0 Å². The molecule has 0 radical (unpaired) electrons. The number of nitrogens with zero attached hydrogens (tertiary/aromatic N) is 4. The fourth-order valence-corrected chi connectivity index (χ4v) is 5.10. The van der Waals surface area contributed by atoms with Crippen LogP contribution >= 0.6 is 0 Å². The normalized spacial score (nSPS) is 19.5. The van der Waals surface area contributed by atoms with Gasteiger partial charge in [0.1, 0.15) is 5.75 Å². The maximum atomic E-state index is 12.1. The molecule has 1 unspecified atom stereocenters. The van der Waals surface area contributed by atoms with E-state index >= 15 is 0 Å². The highest BCUT2D eigenvalue weighted by atomic mass is 16.5. The number of benzene rings is 1. The van der Waals surface area contributed by atoms with E-state index in [1.54, 1.807) is 19.5 Å². The van der Waals surface area contributed by atoms with E-state index in [-0.39, 0.29) is 5.92 Å². The molecule has 2 N–H and O–H groups in total. The predicted molar refractivity (Wildman–Crippen MR) is 133 cm³/mol. The molecule has 4 rings (SSSR count). The molecule has 0 aliphatic carbocycles. The van der Waals surface area contributed by atoms with Gasteiger partial charge < -0.3 is 19.8 Å². The first-order chi connectivity index (χ1) is 17.0. The van der Waals surface area contributed by atoms with Gasteiger partial charge in [0.05, 0.1) is 30.3 Å². The minimum absolute atomic E-state index is 0.0561. The Hall–Kier alpha value is -3.10. The highest BCUT2D eigenvalue weighted by Crippen LogP contribution is 2.33. The van der Waals surface area contributed by atoms with Gasteiger partial charge in [-0.3, -0.25) is 9.78 Å². The largest absolute Gasteiger partial charge is 0.497 e. The van der Waals surface area contributed by atoms with Crippen LogP contribution in [0.3, 0.4) is 0 Å². The minimum Gasteiger partial charge on any atom is -0.497 e. The van der Waals surface area contributed by atoms with Crippen molar-refractivity contribution in [1.29, 1.82) is 0 Å². The number of rotatable bonds is 11. The average molecular weight is 479 g/mol. The number of aryl methyl sites for hydroxylation is 1. The van der Waals surface area contributed by atoms with Crippen molar-refractivity contribution in [2.75, 3.05) is 26.7 Å². The van der Waals surface area contributed by atoms with Crippen LogP contribution in [0.1, 0.15) is 49.5 Å². The van der Waals surface area contributed by atoms with Crippen molar-refractivity contribution in [3.63, 3.8) is 0 Å². The van der Waals surface area contributed by atoms with Crippen LogP contribution in [0.5, 0.6) is 5.75 Å². The lowest BCUT2D eigenvalue weighted by atomic mass is 9.81. The van der Waals surface area contributed by atoms with Gasteiger partial charge in [0.25, 0.3) is 0 Å². The van der Waals surface area contributed by atoms with Gasteiger partial charge in [-0.25, -0.2) is 0 Å². The lowest BCUT2D eigenvalue weighted by Gasteiger charge is -2.37. The van der Waals surface area contributed by atoms with Crippen molar-refractivity contribution in [1.82, 2.24) is 20.1 Å². The van der Waals surface area contributed by atoms with Gasteiger partial charge in [0.2, 0.25) is 0 Å². The zero-order valence-corrected chi connectivity index (χ0v) is 20.2. The second kappa shape index (κ2) is 12.0. The van der Waals surface area contributed by atoms with Gasteiger partial charge in [-0.15, -0.1) is 0 Å². The molecule has 8 nitrogen and oxygen atoms in total. The molecule has 186 valence electrons. The summed E-state index contributed by atoms with van der Waals surface area (Å²) >= 11 is 0. The fourth-order valence-electron chi connectivity index (χ4n) is 5.10. The van der Waals surface area contributed by atoms with Crippen LogP contribution in [-0.4, -0.2) is 63.0 Å². The van der Waals surface area contributed by atoms with E-state index < -0.39 is 18.0 Å². The summed E-state index contributed by atoms with van der Waals surface area (Å²) in [6.45, 7) is 2.35. The first-order valence-corrected chi connectivity index (χ1v) is 12.4. The molecular formula is C27H34N4O4. The smallest absolute Gasteiger partial charge is 0.308 e. The van der Waals surface area contributed by atoms with Crippen LogP contribution in [0.4, 0.5) is 0 Å². The maximum Gasteiger partial charge on any atom is 0.308 e. The number of aliphatic carboxylic acids is 1. The number of likely N-dealkylation sites (tertiary alicyclic amines) is 1. The molecule has 0 bridgehead atoms. The number of piperidine rings is 1. The van der Waals surface area contributed by atoms with E-state index in [4.69, 9.17) is 4.74 Å². The lowest BCUT2D eigenvalue weighted by molar-refractivity contribution is -0.146. The van der Waals surface area contributed by atoms with E-state index in [0.29, 0.717) is 25.1 Å². The van der Waals surface area contributed by atoms with Crippen molar-refractivity contribution in [2.45, 2.75) is 44.6 Å². The zero-order chi connectivity index (χ0) is 24.6. The first kappa shape index (κ1) is 25.0. The topological polar surface area (TPSA) is 109 Å². The molecule has 3 atom stereocenters. The molecule has 1 aliphatic heterocycles. The summed E-state index contributed by atoms with van der Waals surface area (Å²) in [5.41, 5.74) is 2.60. The molecule has 1 saturated heterocycles. The van der Waals surface area contributed by atoms with E-state index in [2.05, 4.69) is 20.1 Å². The van der Waals surface area contributed by atoms with Crippen molar-refractivity contribution >= 4 is 16.9 Å². The Labute approximate surface area is 206 Å². The standard InChI is InChI=1S/C27H34N4O4/c1-35-21-8-9-25-23(17-21)22(11-14-28-25)26(32)10-7-19-12-16-31(18-24(19)27(33)34)15-3-2-5-20-6-4-13-29-30-20/h4,6,8-9,11,13-14,17,19,24,26,32H,2-3,5,7,10,12,15-16,18H2,1H3,(H,33,34)/t19-,24+,26?/m1/s1. The molecule has 8 heteroatoms. The Morgan fingerprint density at radius 2 is 2.11 bits per heavy atom. The minimum atomic E-state index is -0.743. The number of ether oxygens (including phenoxy) is 1. The van der Waals surface area contributed by atoms with Crippen LogP contribution in [-0.2, 0) is 11.2 Å². The van der Waals surface area contributed by atoms with E-state index in [9.17, 15) is 15.0 Å².